The lowest BCUT2D eigenvalue weighted by Crippen LogP contribution is -2.50. The van der Waals surface area contributed by atoms with Gasteiger partial charge in [0, 0.05) is 43.0 Å². The largest absolute Gasteiger partial charge is 0.488 e. The van der Waals surface area contributed by atoms with Crippen LogP contribution in [-0.4, -0.2) is 37.0 Å². The number of aromatic nitrogens is 1. The molecule has 28 heavy (non-hydrogen) atoms. The zero-order valence-electron chi connectivity index (χ0n) is 14.7. The molecule has 2 amide bonds. The number of anilines is 1. The lowest BCUT2D eigenvalue weighted by molar-refractivity contribution is 0.139. The van der Waals surface area contributed by atoms with Gasteiger partial charge in [0.05, 0.1) is 0 Å². The number of carbonyl (C=O) groups is 1. The van der Waals surface area contributed by atoms with E-state index in [9.17, 15) is 21.9 Å². The van der Waals surface area contributed by atoms with Crippen LogP contribution in [0.5, 0.6) is 5.75 Å². The van der Waals surface area contributed by atoms with Crippen molar-refractivity contribution in [2.45, 2.75) is 18.9 Å². The molecule has 2 atom stereocenters. The zero-order valence-corrected chi connectivity index (χ0v) is 15.6. The monoisotopic (exact) mass is 407 g/mol. The molecular weight excluding hydrogens is 389 g/mol. The maximum absolute atomic E-state index is 12.7. The van der Waals surface area contributed by atoms with Crippen molar-refractivity contribution in [1.82, 2.24) is 9.47 Å². The van der Waals surface area contributed by atoms with Gasteiger partial charge in [0.15, 0.2) is 0 Å². The van der Waals surface area contributed by atoms with Crippen molar-refractivity contribution in [3.8, 4) is 5.75 Å². The van der Waals surface area contributed by atoms with Crippen molar-refractivity contribution in [3.05, 3.63) is 58.5 Å². The summed E-state index contributed by atoms with van der Waals surface area (Å²) in [5.74, 6) is 0.135. The lowest BCUT2D eigenvalue weighted by Gasteiger charge is -2.42. The van der Waals surface area contributed by atoms with Crippen LogP contribution in [0.25, 0.3) is 0 Å². The highest BCUT2D eigenvalue weighted by atomic mass is 32.3. The normalized spacial score (nSPS) is 21.0. The molecule has 3 heterocycles. The fourth-order valence-corrected chi connectivity index (χ4v) is 4.31. The number of nitrogens with zero attached hydrogens (tertiary/aromatic N) is 2. The van der Waals surface area contributed by atoms with Gasteiger partial charge in [0.25, 0.3) is 5.56 Å². The van der Waals surface area contributed by atoms with Crippen LogP contribution in [-0.2, 0) is 17.0 Å². The molecule has 1 aromatic carbocycles. The smallest absolute Gasteiger partial charge is 0.358 e. The maximum Gasteiger partial charge on any atom is 0.488 e. The first-order valence-corrected chi connectivity index (χ1v) is 10.1. The minimum Gasteiger partial charge on any atom is -0.358 e. The number of amides is 2. The highest BCUT2D eigenvalue weighted by Crippen LogP contribution is 2.35. The Hall–Kier alpha value is -2.88. The van der Waals surface area contributed by atoms with Crippen LogP contribution in [0.4, 0.5) is 14.4 Å². The average Bonchev–Trinajstić information content (AvgIpc) is 2.63. The van der Waals surface area contributed by atoms with E-state index in [-0.39, 0.29) is 29.2 Å². The number of pyridine rings is 1. The molecule has 1 aromatic heterocycles. The highest BCUT2D eigenvalue weighted by Gasteiger charge is 2.36. The predicted molar refractivity (Wildman–Crippen MR) is 99.2 cm³/mol. The molecule has 1 saturated heterocycles. The number of piperidine rings is 1. The molecule has 4 rings (SSSR count). The Morgan fingerprint density at radius 3 is 2.57 bits per heavy atom. The Balaban J connectivity index is 1.45. The molecule has 1 N–H and O–H groups in total. The van der Waals surface area contributed by atoms with Crippen LogP contribution in [0.2, 0.25) is 0 Å². The van der Waals surface area contributed by atoms with Crippen LogP contribution < -0.4 is 15.1 Å². The number of rotatable bonds is 3. The van der Waals surface area contributed by atoms with Gasteiger partial charge in [-0.25, -0.2) is 4.79 Å². The summed E-state index contributed by atoms with van der Waals surface area (Å²) in [4.78, 5) is 26.4. The van der Waals surface area contributed by atoms with Crippen LogP contribution in [0.1, 0.15) is 18.0 Å². The molecular formula is C18H18FN3O5S. The third kappa shape index (κ3) is 3.86. The van der Waals surface area contributed by atoms with Gasteiger partial charge in [-0.2, -0.15) is 8.42 Å². The standard InChI is InChI=1S/C18H18FN3O5S/c19-28(25,26)27-15-6-4-14(5-7-15)20-18(24)21-9-12-8-13(11-21)16-2-1-3-17(23)22(16)10-12/h1-7,12-13H,8-11H2,(H,20,24)/t12-,13+/m0/s1. The van der Waals surface area contributed by atoms with Gasteiger partial charge in [0.2, 0.25) is 0 Å². The molecule has 10 heteroatoms. The quantitative estimate of drug-likeness (QED) is 0.786. The highest BCUT2D eigenvalue weighted by molar-refractivity contribution is 7.81. The third-order valence-electron chi connectivity index (χ3n) is 5.07. The first-order chi connectivity index (χ1) is 13.3. The zero-order chi connectivity index (χ0) is 19.9. The Morgan fingerprint density at radius 2 is 1.86 bits per heavy atom. The molecule has 0 radical (unpaired) electrons. The number of fused-ring (bicyclic) bond motifs is 4. The van der Waals surface area contributed by atoms with Gasteiger partial charge in [-0.15, -0.1) is 0 Å². The number of likely N-dealkylation sites (tertiary alicyclic amines) is 1. The number of hydrogen-bond donors (Lipinski definition) is 1. The van der Waals surface area contributed by atoms with E-state index in [1.165, 1.54) is 24.3 Å². The van der Waals surface area contributed by atoms with E-state index in [1.54, 1.807) is 21.6 Å². The summed E-state index contributed by atoms with van der Waals surface area (Å²) < 4.78 is 39.4. The first kappa shape index (κ1) is 18.5. The van der Waals surface area contributed by atoms with Gasteiger partial charge in [0.1, 0.15) is 5.75 Å². The minimum absolute atomic E-state index is 0.0114. The van der Waals surface area contributed by atoms with E-state index in [1.807, 2.05) is 6.07 Å². The summed E-state index contributed by atoms with van der Waals surface area (Å²) in [7, 11) is -5.09. The molecule has 148 valence electrons. The van der Waals surface area contributed by atoms with Crippen LogP contribution in [0.15, 0.2) is 47.3 Å². The number of halogens is 1. The molecule has 2 aliphatic heterocycles. The van der Waals surface area contributed by atoms with E-state index in [2.05, 4.69) is 9.50 Å². The number of hydrogen-bond acceptors (Lipinski definition) is 5. The van der Waals surface area contributed by atoms with Crippen LogP contribution in [0, 0.1) is 5.92 Å². The van der Waals surface area contributed by atoms with E-state index >= 15 is 0 Å². The molecule has 2 aromatic rings. The van der Waals surface area contributed by atoms with Crippen molar-refractivity contribution in [3.63, 3.8) is 0 Å². The molecule has 1 fully saturated rings. The van der Waals surface area contributed by atoms with Crippen LogP contribution in [0.3, 0.4) is 0 Å². The van der Waals surface area contributed by atoms with Crippen molar-refractivity contribution in [2.75, 3.05) is 18.4 Å². The summed E-state index contributed by atoms with van der Waals surface area (Å²) in [6.07, 6.45) is 0.941. The number of benzene rings is 1. The summed E-state index contributed by atoms with van der Waals surface area (Å²) in [6.45, 7) is 1.65. The molecule has 0 aliphatic carbocycles. The van der Waals surface area contributed by atoms with Crippen molar-refractivity contribution in [1.29, 1.82) is 0 Å². The number of carbonyl (C=O) groups excluding carboxylic acids is 1. The summed E-state index contributed by atoms with van der Waals surface area (Å²) in [5.41, 5.74) is 1.37. The number of urea groups is 1. The van der Waals surface area contributed by atoms with Crippen molar-refractivity contribution >= 4 is 22.2 Å². The second-order valence-corrected chi connectivity index (χ2v) is 7.99. The van der Waals surface area contributed by atoms with E-state index in [0.717, 1.165) is 12.1 Å². The first-order valence-electron chi connectivity index (χ1n) is 8.78. The van der Waals surface area contributed by atoms with Gasteiger partial charge < -0.3 is 19.0 Å². The molecule has 0 unspecified atom stereocenters. The number of nitrogens with one attached hydrogen (secondary N) is 1. The SMILES string of the molecule is O=C(Nc1ccc(OS(=O)(=O)F)cc1)N1C[C@@H]2C[C@H](C1)c1cccc(=O)n1C2. The van der Waals surface area contributed by atoms with Gasteiger partial charge >= 0.3 is 16.5 Å². The average molecular weight is 407 g/mol. The maximum atomic E-state index is 12.7. The second-order valence-electron chi connectivity index (χ2n) is 7.03. The van der Waals surface area contributed by atoms with Gasteiger partial charge in [-0.1, -0.05) is 9.95 Å². The van der Waals surface area contributed by atoms with E-state index in [0.29, 0.717) is 25.3 Å². The third-order valence-corrected chi connectivity index (χ3v) is 5.46. The molecule has 8 nitrogen and oxygen atoms in total. The molecule has 2 bridgehead atoms. The summed E-state index contributed by atoms with van der Waals surface area (Å²) >= 11 is 0. The Morgan fingerprint density at radius 1 is 1.11 bits per heavy atom. The topological polar surface area (TPSA) is 97.7 Å². The van der Waals surface area contributed by atoms with Crippen molar-refractivity contribution < 1.29 is 21.3 Å². The van der Waals surface area contributed by atoms with Crippen molar-refractivity contribution in [2.24, 2.45) is 5.92 Å². The lowest BCUT2D eigenvalue weighted by atomic mass is 9.83. The Bertz CT molecular complexity index is 1070. The van der Waals surface area contributed by atoms with E-state index in [4.69, 9.17) is 0 Å². The summed E-state index contributed by atoms with van der Waals surface area (Å²) in [6, 6.07) is 10.3. The Kier molecular flexibility index (Phi) is 4.58. The fourth-order valence-electron chi connectivity index (χ4n) is 3.97. The van der Waals surface area contributed by atoms with Gasteiger partial charge in [-0.05, 0) is 42.7 Å². The second kappa shape index (κ2) is 6.93. The fraction of sp³-hybridized carbons (Fsp3) is 0.333. The molecule has 0 spiro atoms. The molecule has 2 aliphatic rings. The summed E-state index contributed by atoms with van der Waals surface area (Å²) in [5, 5.41) is 2.75. The minimum atomic E-state index is -5.09. The molecule has 0 saturated carbocycles. The van der Waals surface area contributed by atoms with Gasteiger partial charge in [-0.3, -0.25) is 4.79 Å². The van der Waals surface area contributed by atoms with E-state index < -0.39 is 10.5 Å². The predicted octanol–water partition coefficient (Wildman–Crippen LogP) is 2.09. The van der Waals surface area contributed by atoms with Crippen LogP contribution >= 0.6 is 0 Å². The Labute approximate surface area is 161 Å².